The summed E-state index contributed by atoms with van der Waals surface area (Å²) >= 11 is 0. The second kappa shape index (κ2) is 43.6. The summed E-state index contributed by atoms with van der Waals surface area (Å²) in [4.78, 5) is 37.6. The zero-order valence-electron chi connectivity index (χ0n) is 35.7. The van der Waals surface area contributed by atoms with Crippen molar-refractivity contribution in [2.75, 3.05) is 13.2 Å². The van der Waals surface area contributed by atoms with E-state index in [1.807, 2.05) is 36.5 Å². The predicted molar refractivity (Wildman–Crippen MR) is 233 cm³/mol. The Morgan fingerprint density at radius 3 is 1.20 bits per heavy atom. The number of hydrogen-bond acceptors (Lipinski definition) is 6. The van der Waals surface area contributed by atoms with Crippen molar-refractivity contribution in [3.63, 3.8) is 0 Å². The van der Waals surface area contributed by atoms with Crippen LogP contribution in [0.2, 0.25) is 0 Å². The molecule has 1 unspecified atom stereocenters. The van der Waals surface area contributed by atoms with Crippen molar-refractivity contribution in [2.45, 2.75) is 207 Å². The van der Waals surface area contributed by atoms with E-state index < -0.39 is 6.10 Å². The molecule has 0 radical (unpaired) electrons. The molecule has 0 aromatic heterocycles. The molecule has 0 fully saturated rings. The van der Waals surface area contributed by atoms with Gasteiger partial charge in [0.25, 0.3) is 0 Å². The molecule has 1 atom stereocenters. The van der Waals surface area contributed by atoms with E-state index in [1.54, 1.807) is 0 Å². The fourth-order valence-corrected chi connectivity index (χ4v) is 5.86. The molecule has 0 saturated heterocycles. The number of allylic oxidation sites excluding steroid dienone is 12. The molecule has 6 heteroatoms. The van der Waals surface area contributed by atoms with Gasteiger partial charge < -0.3 is 14.2 Å². The molecule has 0 aromatic rings. The lowest BCUT2D eigenvalue weighted by molar-refractivity contribution is -0.167. The molecule has 0 rings (SSSR count). The molecule has 0 N–H and O–H groups in total. The van der Waals surface area contributed by atoms with Crippen molar-refractivity contribution in [3.8, 4) is 0 Å². The van der Waals surface area contributed by atoms with Crippen LogP contribution >= 0.6 is 0 Å². The van der Waals surface area contributed by atoms with Crippen LogP contribution < -0.4 is 0 Å². The van der Waals surface area contributed by atoms with Crippen LogP contribution in [-0.4, -0.2) is 37.2 Å². The smallest absolute Gasteiger partial charge is 0.306 e. The first-order chi connectivity index (χ1) is 27.0. The predicted octanol–water partition coefficient (Wildman–Crippen LogP) is 14.3. The van der Waals surface area contributed by atoms with Gasteiger partial charge in [-0.25, -0.2) is 0 Å². The molecule has 6 nitrogen and oxygen atoms in total. The van der Waals surface area contributed by atoms with E-state index in [1.165, 1.54) is 57.8 Å². The van der Waals surface area contributed by atoms with E-state index in [0.29, 0.717) is 19.3 Å². The van der Waals surface area contributed by atoms with Crippen LogP contribution in [0, 0.1) is 0 Å². The van der Waals surface area contributed by atoms with E-state index in [0.717, 1.165) is 103 Å². The Bertz CT molecular complexity index is 1070. The Morgan fingerprint density at radius 1 is 0.364 bits per heavy atom. The average Bonchev–Trinajstić information content (AvgIpc) is 3.18. The van der Waals surface area contributed by atoms with Crippen molar-refractivity contribution in [1.82, 2.24) is 0 Å². The van der Waals surface area contributed by atoms with Crippen LogP contribution in [0.15, 0.2) is 72.9 Å². The second-order valence-corrected chi connectivity index (χ2v) is 14.7. The number of carbonyl (C=O) groups excluding carboxylic acids is 3. The van der Waals surface area contributed by atoms with Gasteiger partial charge in [0.1, 0.15) is 13.2 Å². The lowest BCUT2D eigenvalue weighted by atomic mass is 10.1. The fourth-order valence-electron chi connectivity index (χ4n) is 5.86. The molecular formula is C49H82O6. The maximum Gasteiger partial charge on any atom is 0.306 e. The third-order valence-corrected chi connectivity index (χ3v) is 9.29. The number of ether oxygens (including phenoxy) is 3. The summed E-state index contributed by atoms with van der Waals surface area (Å²) in [7, 11) is 0. The molecule has 0 aliphatic heterocycles. The number of esters is 3. The minimum absolute atomic E-state index is 0.0884. The van der Waals surface area contributed by atoms with Crippen LogP contribution in [0.1, 0.15) is 201 Å². The lowest BCUT2D eigenvalue weighted by Crippen LogP contribution is -2.30. The fraction of sp³-hybridized carbons (Fsp3) is 0.694. The molecule has 0 saturated carbocycles. The van der Waals surface area contributed by atoms with Crippen LogP contribution in [0.5, 0.6) is 0 Å². The van der Waals surface area contributed by atoms with Crippen molar-refractivity contribution in [1.29, 1.82) is 0 Å². The highest BCUT2D eigenvalue weighted by Crippen LogP contribution is 2.13. The Hall–Kier alpha value is -3.15. The normalized spacial score (nSPS) is 12.7. The molecule has 0 aliphatic rings. The molecule has 0 bridgehead atoms. The SMILES string of the molecule is CCC\C=C/C=C\C=C/C=C\C=C/CCCCCCCC(=O)OCC(COC(=O)CCCCCCCCCCC)OC(=O)CCCCCC/C=C\CCCC. The van der Waals surface area contributed by atoms with E-state index in [4.69, 9.17) is 14.2 Å². The van der Waals surface area contributed by atoms with Crippen molar-refractivity contribution >= 4 is 17.9 Å². The molecule has 0 aromatic carbocycles. The molecule has 314 valence electrons. The Balaban J connectivity index is 4.40. The van der Waals surface area contributed by atoms with E-state index in [-0.39, 0.29) is 31.1 Å². The van der Waals surface area contributed by atoms with Crippen LogP contribution in [-0.2, 0) is 28.6 Å². The molecule has 55 heavy (non-hydrogen) atoms. The van der Waals surface area contributed by atoms with Gasteiger partial charge >= 0.3 is 17.9 Å². The van der Waals surface area contributed by atoms with Gasteiger partial charge in [-0.05, 0) is 57.8 Å². The standard InChI is InChI=1S/C49H82O6/c1-4-7-10-13-16-19-21-22-23-24-25-26-27-28-31-33-36-39-42-48(51)54-45-46(44-53-47(50)41-38-35-32-29-18-15-12-9-6-3)55-49(52)43-40-37-34-30-20-17-14-11-8-5-2/h10,13-14,16-17,19,21-26,46H,4-9,11-12,15,18,20,27-45H2,1-3H3/b13-10-,17-14-,19-16-,22-21-,24-23-,26-25-. The van der Waals surface area contributed by atoms with Crippen LogP contribution in [0.4, 0.5) is 0 Å². The maximum absolute atomic E-state index is 12.7. The van der Waals surface area contributed by atoms with Crippen LogP contribution in [0.3, 0.4) is 0 Å². The van der Waals surface area contributed by atoms with Crippen molar-refractivity contribution in [2.24, 2.45) is 0 Å². The van der Waals surface area contributed by atoms with Gasteiger partial charge in [0.05, 0.1) is 0 Å². The summed E-state index contributed by atoms with van der Waals surface area (Å²) in [5, 5.41) is 0. The first kappa shape index (κ1) is 51.9. The third-order valence-electron chi connectivity index (χ3n) is 9.29. The highest BCUT2D eigenvalue weighted by atomic mass is 16.6. The van der Waals surface area contributed by atoms with E-state index >= 15 is 0 Å². The average molecular weight is 767 g/mol. The molecular weight excluding hydrogens is 685 g/mol. The van der Waals surface area contributed by atoms with Gasteiger partial charge in [0, 0.05) is 19.3 Å². The summed E-state index contributed by atoms with van der Waals surface area (Å²) in [5.74, 6) is -0.937. The van der Waals surface area contributed by atoms with Gasteiger partial charge in [-0.3, -0.25) is 14.4 Å². The Labute approximate surface area is 338 Å². The van der Waals surface area contributed by atoms with Gasteiger partial charge in [0.2, 0.25) is 0 Å². The van der Waals surface area contributed by atoms with Crippen molar-refractivity contribution in [3.05, 3.63) is 72.9 Å². The highest BCUT2D eigenvalue weighted by molar-refractivity contribution is 5.71. The number of rotatable bonds is 39. The topological polar surface area (TPSA) is 78.9 Å². The van der Waals surface area contributed by atoms with Gasteiger partial charge in [-0.2, -0.15) is 0 Å². The van der Waals surface area contributed by atoms with Crippen LogP contribution in [0.25, 0.3) is 0 Å². The van der Waals surface area contributed by atoms with Gasteiger partial charge in [-0.1, -0.05) is 196 Å². The van der Waals surface area contributed by atoms with E-state index in [9.17, 15) is 14.4 Å². The summed E-state index contributed by atoms with van der Waals surface area (Å²) in [5.41, 5.74) is 0. The summed E-state index contributed by atoms with van der Waals surface area (Å²) in [6, 6.07) is 0. The minimum atomic E-state index is -0.787. The van der Waals surface area contributed by atoms with E-state index in [2.05, 4.69) is 57.2 Å². The molecule has 0 heterocycles. The largest absolute Gasteiger partial charge is 0.462 e. The second-order valence-electron chi connectivity index (χ2n) is 14.7. The first-order valence-corrected chi connectivity index (χ1v) is 22.5. The quantitative estimate of drug-likeness (QED) is 0.0204. The molecule has 0 spiro atoms. The summed E-state index contributed by atoms with van der Waals surface area (Å²) in [6.45, 7) is 6.43. The van der Waals surface area contributed by atoms with Gasteiger partial charge in [-0.15, -0.1) is 0 Å². The maximum atomic E-state index is 12.7. The molecule has 0 amide bonds. The van der Waals surface area contributed by atoms with Crippen molar-refractivity contribution < 1.29 is 28.6 Å². The van der Waals surface area contributed by atoms with Gasteiger partial charge in [0.15, 0.2) is 6.10 Å². The zero-order chi connectivity index (χ0) is 40.1. The summed E-state index contributed by atoms with van der Waals surface area (Å²) < 4.78 is 16.6. The minimum Gasteiger partial charge on any atom is -0.462 e. The third kappa shape index (κ3) is 41.8. The Morgan fingerprint density at radius 2 is 0.727 bits per heavy atom. The lowest BCUT2D eigenvalue weighted by Gasteiger charge is -2.18. The zero-order valence-corrected chi connectivity index (χ0v) is 35.7. The highest BCUT2D eigenvalue weighted by Gasteiger charge is 2.19. The number of unbranched alkanes of at least 4 members (excludes halogenated alkanes) is 20. The molecule has 0 aliphatic carbocycles. The number of hydrogen-bond donors (Lipinski definition) is 0. The monoisotopic (exact) mass is 767 g/mol. The number of carbonyl (C=O) groups is 3. The first-order valence-electron chi connectivity index (χ1n) is 22.5. The summed E-state index contributed by atoms with van der Waals surface area (Å²) in [6.07, 6.45) is 53.1. The Kier molecular flexibility index (Phi) is 41.1.